The van der Waals surface area contributed by atoms with Crippen molar-refractivity contribution in [3.8, 4) is 0 Å². The molecule has 1 aromatic carbocycles. The number of hydrogen-bond acceptors (Lipinski definition) is 4. The minimum atomic E-state index is -3.57. The molecule has 3 N–H and O–H groups in total. The summed E-state index contributed by atoms with van der Waals surface area (Å²) in [6.07, 6.45) is 6.21. The molecule has 0 saturated heterocycles. The molecule has 1 aliphatic carbocycles. The van der Waals surface area contributed by atoms with Crippen molar-refractivity contribution in [3.63, 3.8) is 0 Å². The van der Waals surface area contributed by atoms with Gasteiger partial charge >= 0.3 is 0 Å². The Morgan fingerprint density at radius 1 is 1.35 bits per heavy atom. The molecule has 7 heteroatoms. The second-order valence-corrected chi connectivity index (χ2v) is 8.64. The molecule has 112 valence electrons. The maximum atomic E-state index is 12.5. The second kappa shape index (κ2) is 6.68. The van der Waals surface area contributed by atoms with E-state index in [2.05, 4.69) is 20.7 Å². The van der Waals surface area contributed by atoms with E-state index in [4.69, 9.17) is 5.73 Å². The van der Waals surface area contributed by atoms with Gasteiger partial charge in [-0.1, -0.05) is 28.8 Å². The van der Waals surface area contributed by atoms with Gasteiger partial charge in [-0.05, 0) is 37.3 Å². The summed E-state index contributed by atoms with van der Waals surface area (Å²) >= 11 is 5.02. The zero-order valence-corrected chi connectivity index (χ0v) is 14.5. The number of rotatable bonds is 4. The Morgan fingerprint density at radius 3 is 2.75 bits per heavy atom. The quantitative estimate of drug-likeness (QED) is 0.789. The van der Waals surface area contributed by atoms with Crippen molar-refractivity contribution in [1.29, 1.82) is 0 Å². The Kier molecular flexibility index (Phi) is 5.39. The second-order valence-electron chi connectivity index (χ2n) is 4.97. The van der Waals surface area contributed by atoms with E-state index in [0.717, 1.165) is 19.3 Å². The summed E-state index contributed by atoms with van der Waals surface area (Å²) in [4.78, 5) is 0.150. The van der Waals surface area contributed by atoms with E-state index < -0.39 is 10.0 Å². The molecule has 0 radical (unpaired) electrons. The third kappa shape index (κ3) is 3.69. The molecule has 1 aromatic rings. The smallest absolute Gasteiger partial charge is 0.242 e. The Balaban J connectivity index is 2.24. The lowest BCUT2D eigenvalue weighted by molar-refractivity contribution is 0.423. The van der Waals surface area contributed by atoms with Crippen LogP contribution in [0.25, 0.3) is 0 Å². The van der Waals surface area contributed by atoms with Gasteiger partial charge in [-0.3, -0.25) is 0 Å². The first-order chi connectivity index (χ1) is 9.44. The molecule has 1 aliphatic rings. The number of halogens is 1. The van der Waals surface area contributed by atoms with Crippen molar-refractivity contribution < 1.29 is 8.42 Å². The third-order valence-corrected chi connectivity index (χ3v) is 6.79. The number of hydrogen-bond donors (Lipinski definition) is 2. The first-order valence-corrected chi connectivity index (χ1v) is 10.1. The summed E-state index contributed by atoms with van der Waals surface area (Å²) in [7, 11) is -3.57. The van der Waals surface area contributed by atoms with Crippen LogP contribution < -0.4 is 10.5 Å². The summed E-state index contributed by atoms with van der Waals surface area (Å²) in [5, 5.41) is 0.340. The number of nitrogen functional groups attached to an aromatic ring is 1. The summed E-state index contributed by atoms with van der Waals surface area (Å²) in [6.45, 7) is 0. The van der Waals surface area contributed by atoms with Crippen LogP contribution in [0, 0.1) is 0 Å². The van der Waals surface area contributed by atoms with Gasteiger partial charge in [0, 0.05) is 15.8 Å². The fourth-order valence-electron chi connectivity index (χ4n) is 2.52. The highest BCUT2D eigenvalue weighted by Gasteiger charge is 2.29. The molecule has 0 aliphatic heterocycles. The average Bonchev–Trinajstić information content (AvgIpc) is 2.41. The number of benzene rings is 1. The van der Waals surface area contributed by atoms with Crippen molar-refractivity contribution in [3.05, 3.63) is 22.7 Å². The largest absolute Gasteiger partial charge is 0.398 e. The number of sulfonamides is 1. The van der Waals surface area contributed by atoms with Crippen LogP contribution >= 0.6 is 27.7 Å². The SMILES string of the molecule is CSC1CCCCC1NS(=O)(=O)c1cc(Br)ccc1N. The van der Waals surface area contributed by atoms with Crippen molar-refractivity contribution >= 4 is 43.4 Å². The normalized spacial score (nSPS) is 23.7. The maximum Gasteiger partial charge on any atom is 0.242 e. The molecule has 0 amide bonds. The molecule has 0 bridgehead atoms. The molecule has 20 heavy (non-hydrogen) atoms. The van der Waals surface area contributed by atoms with E-state index in [9.17, 15) is 8.42 Å². The predicted molar refractivity (Wildman–Crippen MR) is 88.4 cm³/mol. The summed E-state index contributed by atoms with van der Waals surface area (Å²) < 4.78 is 28.6. The predicted octanol–water partition coefficient (Wildman–Crippen LogP) is 2.98. The molecule has 0 heterocycles. The van der Waals surface area contributed by atoms with Crippen LogP contribution in [0.4, 0.5) is 5.69 Å². The monoisotopic (exact) mass is 378 g/mol. The van der Waals surface area contributed by atoms with E-state index in [1.807, 2.05) is 6.26 Å². The van der Waals surface area contributed by atoms with Gasteiger partial charge < -0.3 is 5.73 Å². The minimum Gasteiger partial charge on any atom is -0.398 e. The maximum absolute atomic E-state index is 12.5. The fourth-order valence-corrected chi connectivity index (χ4v) is 5.52. The zero-order chi connectivity index (χ0) is 14.8. The Morgan fingerprint density at radius 2 is 2.05 bits per heavy atom. The molecule has 2 unspecified atom stereocenters. The van der Waals surface area contributed by atoms with E-state index >= 15 is 0 Å². The highest BCUT2D eigenvalue weighted by molar-refractivity contribution is 9.10. The third-order valence-electron chi connectivity index (χ3n) is 3.58. The van der Waals surface area contributed by atoms with Gasteiger partial charge in [0.15, 0.2) is 0 Å². The molecule has 2 rings (SSSR count). The lowest BCUT2D eigenvalue weighted by Gasteiger charge is -2.30. The van der Waals surface area contributed by atoms with E-state index in [-0.39, 0.29) is 16.6 Å². The highest BCUT2D eigenvalue weighted by Crippen LogP contribution is 2.29. The number of anilines is 1. The molecule has 0 aromatic heterocycles. The van der Waals surface area contributed by atoms with Gasteiger partial charge in [0.05, 0.1) is 5.69 Å². The van der Waals surface area contributed by atoms with Crippen molar-refractivity contribution in [2.45, 2.75) is 41.9 Å². The summed E-state index contributed by atoms with van der Waals surface area (Å²) in [5.41, 5.74) is 6.08. The topological polar surface area (TPSA) is 72.2 Å². The molecular formula is C13H19BrN2O2S2. The van der Waals surface area contributed by atoms with Crippen LogP contribution in [-0.4, -0.2) is 26.0 Å². The van der Waals surface area contributed by atoms with Crippen LogP contribution in [0.5, 0.6) is 0 Å². The average molecular weight is 379 g/mol. The number of thioether (sulfide) groups is 1. The summed E-state index contributed by atoms with van der Waals surface area (Å²) in [6, 6.07) is 4.88. The lowest BCUT2D eigenvalue weighted by Crippen LogP contribution is -2.43. The Hall–Kier alpha value is -0.240. The molecule has 0 spiro atoms. The fraction of sp³-hybridized carbons (Fsp3) is 0.538. The van der Waals surface area contributed by atoms with Crippen LogP contribution in [0.15, 0.2) is 27.6 Å². The van der Waals surface area contributed by atoms with Crippen LogP contribution in [0.2, 0.25) is 0 Å². The van der Waals surface area contributed by atoms with Gasteiger partial charge in [0.25, 0.3) is 0 Å². The van der Waals surface area contributed by atoms with Crippen molar-refractivity contribution in [2.24, 2.45) is 0 Å². The van der Waals surface area contributed by atoms with Gasteiger partial charge in [0.1, 0.15) is 4.90 Å². The van der Waals surface area contributed by atoms with Crippen LogP contribution in [0.1, 0.15) is 25.7 Å². The van der Waals surface area contributed by atoms with Gasteiger partial charge in [0.2, 0.25) is 10.0 Å². The molecule has 2 atom stereocenters. The van der Waals surface area contributed by atoms with E-state index in [0.29, 0.717) is 9.72 Å². The minimum absolute atomic E-state index is 0.0119. The van der Waals surface area contributed by atoms with Crippen LogP contribution in [-0.2, 0) is 10.0 Å². The lowest BCUT2D eigenvalue weighted by atomic mass is 9.96. The molecular weight excluding hydrogens is 360 g/mol. The summed E-state index contributed by atoms with van der Waals surface area (Å²) in [5.74, 6) is 0. The van der Waals surface area contributed by atoms with E-state index in [1.165, 1.54) is 6.42 Å². The zero-order valence-electron chi connectivity index (χ0n) is 11.3. The first-order valence-electron chi connectivity index (χ1n) is 6.54. The first kappa shape index (κ1) is 16.1. The van der Waals surface area contributed by atoms with Crippen LogP contribution in [0.3, 0.4) is 0 Å². The Labute approximate surface area is 133 Å². The molecule has 1 saturated carbocycles. The van der Waals surface area contributed by atoms with Gasteiger partial charge in [-0.15, -0.1) is 0 Å². The number of nitrogens with one attached hydrogen (secondary N) is 1. The van der Waals surface area contributed by atoms with Crippen molar-refractivity contribution in [1.82, 2.24) is 4.72 Å². The van der Waals surface area contributed by atoms with Gasteiger partial charge in [-0.25, -0.2) is 13.1 Å². The van der Waals surface area contributed by atoms with Gasteiger partial charge in [-0.2, -0.15) is 11.8 Å². The molecule has 1 fully saturated rings. The van der Waals surface area contributed by atoms with Crippen molar-refractivity contribution in [2.75, 3.05) is 12.0 Å². The number of nitrogens with two attached hydrogens (primary N) is 1. The standard InChI is InChI=1S/C13H19BrN2O2S2/c1-19-12-5-3-2-4-11(12)16-20(17,18)13-8-9(14)6-7-10(13)15/h6-8,11-12,16H,2-5,15H2,1H3. The molecule has 4 nitrogen and oxygen atoms in total. The highest BCUT2D eigenvalue weighted by atomic mass is 79.9. The Bertz CT molecular complexity index is 578. The van der Waals surface area contributed by atoms with E-state index in [1.54, 1.807) is 30.0 Å².